The van der Waals surface area contributed by atoms with Gasteiger partial charge in [-0.15, -0.1) is 12.4 Å². The lowest BCUT2D eigenvalue weighted by atomic mass is 10.1. The van der Waals surface area contributed by atoms with E-state index in [9.17, 15) is 0 Å². The average Bonchev–Trinajstić information content (AvgIpc) is 2.84. The van der Waals surface area contributed by atoms with Gasteiger partial charge in [0.15, 0.2) is 0 Å². The Morgan fingerprint density at radius 2 is 1.88 bits per heavy atom. The van der Waals surface area contributed by atoms with Crippen molar-refractivity contribution < 1.29 is 4.74 Å². The van der Waals surface area contributed by atoms with Crippen molar-refractivity contribution in [2.24, 2.45) is 0 Å². The molecule has 6 heteroatoms. The maximum absolute atomic E-state index is 5.65. The smallest absolute Gasteiger partial charge is 0.123 e. The van der Waals surface area contributed by atoms with Gasteiger partial charge in [0.25, 0.3) is 0 Å². The normalized spacial score (nSPS) is 18.0. The topological polar surface area (TPSA) is 63.4 Å². The largest absolute Gasteiger partial charge is 0.384 e. The fourth-order valence-electron chi connectivity index (χ4n) is 3.35. The molecular weight excluding hydrogens is 348 g/mol. The Labute approximate surface area is 162 Å². The Morgan fingerprint density at radius 1 is 1.12 bits per heavy atom. The molecule has 0 amide bonds. The molecule has 0 aliphatic carbocycles. The number of nitrogens with zero attached hydrogens (tertiary/aromatic N) is 2. The zero-order chi connectivity index (χ0) is 17.5. The monoisotopic (exact) mass is 376 g/mol. The van der Waals surface area contributed by atoms with Crippen LogP contribution in [-0.4, -0.2) is 36.1 Å². The first kappa shape index (κ1) is 20.5. The van der Waals surface area contributed by atoms with Crippen molar-refractivity contribution in [2.45, 2.75) is 38.5 Å². The minimum absolute atomic E-state index is 0. The van der Waals surface area contributed by atoms with Crippen LogP contribution in [0.1, 0.15) is 30.4 Å². The van der Waals surface area contributed by atoms with Crippen LogP contribution in [0.3, 0.4) is 0 Å². The summed E-state index contributed by atoms with van der Waals surface area (Å²) in [4.78, 5) is 6.70. The van der Waals surface area contributed by atoms with E-state index in [2.05, 4.69) is 39.5 Å². The van der Waals surface area contributed by atoms with Gasteiger partial charge in [0.1, 0.15) is 5.82 Å². The lowest BCUT2D eigenvalue weighted by Crippen LogP contribution is -2.26. The molecule has 1 fully saturated rings. The summed E-state index contributed by atoms with van der Waals surface area (Å²) in [6.07, 6.45) is 5.36. The molecule has 5 nitrogen and oxygen atoms in total. The van der Waals surface area contributed by atoms with Crippen LogP contribution in [0.25, 0.3) is 0 Å². The number of anilines is 2. The molecule has 26 heavy (non-hydrogen) atoms. The fourth-order valence-corrected chi connectivity index (χ4v) is 3.35. The van der Waals surface area contributed by atoms with Crippen LogP contribution in [-0.2, 0) is 17.9 Å². The lowest BCUT2D eigenvalue weighted by Gasteiger charge is -2.21. The molecule has 0 saturated carbocycles. The van der Waals surface area contributed by atoms with Crippen molar-refractivity contribution >= 4 is 23.9 Å². The molecule has 0 bridgehead atoms. The van der Waals surface area contributed by atoms with Gasteiger partial charge in [-0.25, -0.2) is 4.98 Å². The summed E-state index contributed by atoms with van der Waals surface area (Å²) in [6.45, 7) is 3.96. The number of aromatic nitrogens is 1. The fraction of sp³-hybridized carbons (Fsp3) is 0.450. The van der Waals surface area contributed by atoms with E-state index in [1.165, 1.54) is 24.0 Å². The number of ether oxygens (including phenoxy) is 1. The van der Waals surface area contributed by atoms with Crippen molar-refractivity contribution in [1.29, 1.82) is 0 Å². The van der Waals surface area contributed by atoms with Gasteiger partial charge in [-0.1, -0.05) is 24.3 Å². The molecule has 1 aliphatic heterocycles. The summed E-state index contributed by atoms with van der Waals surface area (Å²) in [5.41, 5.74) is 9.30. The van der Waals surface area contributed by atoms with E-state index >= 15 is 0 Å². The molecule has 0 spiro atoms. The highest BCUT2D eigenvalue weighted by Gasteiger charge is 2.17. The van der Waals surface area contributed by atoms with Gasteiger partial charge in [-0.2, -0.15) is 0 Å². The number of hydrogen-bond donors (Lipinski definition) is 2. The minimum Gasteiger partial charge on any atom is -0.384 e. The highest BCUT2D eigenvalue weighted by Crippen LogP contribution is 2.18. The summed E-state index contributed by atoms with van der Waals surface area (Å²) < 4.78 is 5.17. The number of pyridine rings is 1. The highest BCUT2D eigenvalue weighted by atomic mass is 35.5. The molecule has 1 aliphatic rings. The van der Waals surface area contributed by atoms with E-state index in [1.54, 1.807) is 7.11 Å². The predicted octanol–water partition coefficient (Wildman–Crippen LogP) is 3.70. The van der Waals surface area contributed by atoms with Crippen molar-refractivity contribution in [1.82, 2.24) is 9.88 Å². The van der Waals surface area contributed by atoms with E-state index in [-0.39, 0.29) is 12.4 Å². The molecule has 1 aromatic carbocycles. The maximum Gasteiger partial charge on any atom is 0.123 e. The number of likely N-dealkylation sites (tertiary alicyclic amines) is 1. The van der Waals surface area contributed by atoms with Gasteiger partial charge in [-0.05, 0) is 49.1 Å². The van der Waals surface area contributed by atoms with E-state index in [4.69, 9.17) is 10.5 Å². The number of nitrogen functional groups attached to an aromatic ring is 1. The Kier molecular flexibility index (Phi) is 8.16. The molecule has 1 saturated heterocycles. The number of hydrogen-bond acceptors (Lipinski definition) is 5. The maximum atomic E-state index is 5.65. The van der Waals surface area contributed by atoms with Crippen LogP contribution in [0.5, 0.6) is 0 Å². The van der Waals surface area contributed by atoms with E-state index in [1.807, 2.05) is 18.3 Å². The summed E-state index contributed by atoms with van der Waals surface area (Å²) in [7, 11) is 1.73. The van der Waals surface area contributed by atoms with E-state index in [0.717, 1.165) is 31.7 Å². The molecule has 2 aromatic rings. The number of benzene rings is 1. The zero-order valence-corrected chi connectivity index (χ0v) is 16.2. The molecule has 1 unspecified atom stereocenters. The van der Waals surface area contributed by atoms with Gasteiger partial charge in [-0.3, -0.25) is 4.90 Å². The summed E-state index contributed by atoms with van der Waals surface area (Å²) in [6, 6.07) is 13.1. The third-order valence-electron chi connectivity index (χ3n) is 4.72. The van der Waals surface area contributed by atoms with Crippen molar-refractivity contribution in [3.05, 3.63) is 53.7 Å². The van der Waals surface area contributed by atoms with Gasteiger partial charge in [0.05, 0.1) is 18.5 Å². The number of halogens is 1. The van der Waals surface area contributed by atoms with Gasteiger partial charge < -0.3 is 15.8 Å². The number of nitrogens with one attached hydrogen (secondary N) is 1. The first-order chi connectivity index (χ1) is 12.2. The Balaban J connectivity index is 0.00000243. The molecule has 0 radical (unpaired) electrons. The predicted molar refractivity (Wildman–Crippen MR) is 110 cm³/mol. The number of methoxy groups -OCH3 is 1. The summed E-state index contributed by atoms with van der Waals surface area (Å²) >= 11 is 0. The molecule has 142 valence electrons. The molecule has 1 atom stereocenters. The second-order valence-corrected chi connectivity index (χ2v) is 6.77. The second-order valence-electron chi connectivity index (χ2n) is 6.77. The Hall–Kier alpha value is -1.82. The van der Waals surface area contributed by atoms with Crippen LogP contribution in [0.2, 0.25) is 0 Å². The third kappa shape index (κ3) is 6.16. The van der Waals surface area contributed by atoms with Crippen LogP contribution in [0.4, 0.5) is 11.5 Å². The quantitative estimate of drug-likeness (QED) is 0.804. The SMILES string of the molecule is COCc1ccc(CN2CCCC(Nc3ccc(N)nc3)CC2)cc1.Cl. The van der Waals surface area contributed by atoms with Crippen LogP contribution < -0.4 is 11.1 Å². The lowest BCUT2D eigenvalue weighted by molar-refractivity contribution is 0.185. The zero-order valence-electron chi connectivity index (χ0n) is 15.4. The number of nitrogens with two attached hydrogens (primary N) is 1. The minimum atomic E-state index is 0. The Morgan fingerprint density at radius 3 is 2.58 bits per heavy atom. The van der Waals surface area contributed by atoms with Crippen LogP contribution in [0, 0.1) is 0 Å². The second kappa shape index (κ2) is 10.4. The van der Waals surface area contributed by atoms with Gasteiger partial charge in [0.2, 0.25) is 0 Å². The molecular formula is C20H29ClN4O. The highest BCUT2D eigenvalue weighted by molar-refractivity contribution is 5.85. The first-order valence-corrected chi connectivity index (χ1v) is 9.00. The molecule has 3 rings (SSSR count). The summed E-state index contributed by atoms with van der Waals surface area (Å²) in [5.74, 6) is 0.564. The molecule has 2 heterocycles. The average molecular weight is 377 g/mol. The van der Waals surface area contributed by atoms with Crippen molar-refractivity contribution in [3.63, 3.8) is 0 Å². The number of rotatable bonds is 6. The van der Waals surface area contributed by atoms with Gasteiger partial charge in [0, 0.05) is 26.2 Å². The Bertz CT molecular complexity index is 648. The summed E-state index contributed by atoms with van der Waals surface area (Å²) in [5, 5.41) is 3.60. The standard InChI is InChI=1S/C20H28N4O.ClH/c1-25-15-17-6-4-16(5-7-17)14-24-11-2-3-18(10-12-24)23-19-8-9-20(21)22-13-19;/h4-9,13,18,23H,2-3,10-12,14-15H2,1H3,(H2,21,22);1H. The van der Waals surface area contributed by atoms with Crippen molar-refractivity contribution in [3.8, 4) is 0 Å². The third-order valence-corrected chi connectivity index (χ3v) is 4.72. The van der Waals surface area contributed by atoms with Crippen molar-refractivity contribution in [2.75, 3.05) is 31.2 Å². The van der Waals surface area contributed by atoms with Gasteiger partial charge >= 0.3 is 0 Å². The first-order valence-electron chi connectivity index (χ1n) is 9.00. The molecule has 3 N–H and O–H groups in total. The van der Waals surface area contributed by atoms with E-state index < -0.39 is 0 Å². The molecule has 1 aromatic heterocycles. The van der Waals surface area contributed by atoms with Crippen LogP contribution in [0.15, 0.2) is 42.6 Å². The van der Waals surface area contributed by atoms with E-state index in [0.29, 0.717) is 18.5 Å². The van der Waals surface area contributed by atoms with Crippen LogP contribution >= 0.6 is 12.4 Å².